The summed E-state index contributed by atoms with van der Waals surface area (Å²) in [5.41, 5.74) is 5.57. The van der Waals surface area contributed by atoms with Gasteiger partial charge < -0.3 is 11.1 Å². The van der Waals surface area contributed by atoms with Crippen LogP contribution in [0.25, 0.3) is 0 Å². The van der Waals surface area contributed by atoms with Crippen molar-refractivity contribution >= 4 is 15.8 Å². The van der Waals surface area contributed by atoms with Gasteiger partial charge in [-0.05, 0) is 19.3 Å². The van der Waals surface area contributed by atoms with Crippen molar-refractivity contribution in [3.05, 3.63) is 0 Å². The Morgan fingerprint density at radius 3 is 2.87 bits per heavy atom. The molecule has 1 heterocycles. The van der Waals surface area contributed by atoms with Crippen molar-refractivity contribution in [1.82, 2.24) is 5.32 Å². The lowest BCUT2D eigenvalue weighted by molar-refractivity contribution is 0.590. The number of hydrogen-bond acceptors (Lipinski definition) is 3. The first kappa shape index (κ1) is 12.3. The minimum absolute atomic E-state index is 0.297. The Balaban J connectivity index is 2.42. The van der Waals surface area contributed by atoms with Crippen LogP contribution in [0.3, 0.4) is 0 Å². The fourth-order valence-corrected chi connectivity index (χ4v) is 3.30. The predicted octanol–water partition coefficient (Wildman–Crippen LogP) is -0.122. The fourth-order valence-electron chi connectivity index (χ4n) is 1.57. The summed E-state index contributed by atoms with van der Waals surface area (Å²) < 4.78 is 22.9. The molecule has 1 fully saturated rings. The van der Waals surface area contributed by atoms with Crippen molar-refractivity contribution in [2.75, 3.05) is 18.8 Å². The predicted molar refractivity (Wildman–Crippen MR) is 61.6 cm³/mol. The van der Waals surface area contributed by atoms with Crippen LogP contribution in [0.1, 0.15) is 26.2 Å². The smallest absolute Gasteiger partial charge is 0.188 e. The Bertz CT molecular complexity index is 324. The van der Waals surface area contributed by atoms with Crippen molar-refractivity contribution in [3.63, 3.8) is 0 Å². The molecule has 0 aromatic heterocycles. The zero-order valence-corrected chi connectivity index (χ0v) is 9.89. The highest BCUT2D eigenvalue weighted by atomic mass is 32.2. The first-order chi connectivity index (χ1) is 7.06. The van der Waals surface area contributed by atoms with E-state index < -0.39 is 9.84 Å². The van der Waals surface area contributed by atoms with Crippen molar-refractivity contribution < 1.29 is 8.42 Å². The van der Waals surface area contributed by atoms with E-state index in [9.17, 15) is 8.42 Å². The molecule has 6 heteroatoms. The van der Waals surface area contributed by atoms with E-state index in [0.717, 1.165) is 19.4 Å². The summed E-state index contributed by atoms with van der Waals surface area (Å²) in [6.45, 7) is 3.10. The highest BCUT2D eigenvalue weighted by Gasteiger charge is 2.30. The normalized spacial score (nSPS) is 25.4. The SMILES string of the molecule is CCCNC(N)=NCC1CCCS1(=O)=O. The van der Waals surface area contributed by atoms with E-state index in [4.69, 9.17) is 5.73 Å². The summed E-state index contributed by atoms with van der Waals surface area (Å²) in [7, 11) is -2.89. The largest absolute Gasteiger partial charge is 0.370 e. The van der Waals surface area contributed by atoms with Crippen LogP contribution in [0.15, 0.2) is 4.99 Å². The van der Waals surface area contributed by atoms with Gasteiger partial charge in [0.2, 0.25) is 0 Å². The van der Waals surface area contributed by atoms with Gasteiger partial charge in [-0.3, -0.25) is 4.99 Å². The molecule has 0 bridgehead atoms. The molecule has 3 N–H and O–H groups in total. The van der Waals surface area contributed by atoms with Crippen LogP contribution >= 0.6 is 0 Å². The zero-order chi connectivity index (χ0) is 11.3. The lowest BCUT2D eigenvalue weighted by Gasteiger charge is -2.07. The van der Waals surface area contributed by atoms with E-state index in [1.165, 1.54) is 0 Å². The number of guanidine groups is 1. The monoisotopic (exact) mass is 233 g/mol. The van der Waals surface area contributed by atoms with Crippen molar-refractivity contribution in [3.8, 4) is 0 Å². The molecule has 0 radical (unpaired) electrons. The molecular formula is C9H19N3O2S. The van der Waals surface area contributed by atoms with Crippen LogP contribution in [-0.4, -0.2) is 38.5 Å². The van der Waals surface area contributed by atoms with Gasteiger partial charge in [-0.2, -0.15) is 0 Å². The van der Waals surface area contributed by atoms with E-state index in [-0.39, 0.29) is 5.25 Å². The van der Waals surface area contributed by atoms with Crippen LogP contribution in [0, 0.1) is 0 Å². The van der Waals surface area contributed by atoms with E-state index in [0.29, 0.717) is 24.7 Å². The molecule has 1 unspecified atom stereocenters. The molecule has 0 spiro atoms. The van der Waals surface area contributed by atoms with Crippen molar-refractivity contribution in [1.29, 1.82) is 0 Å². The number of hydrogen-bond donors (Lipinski definition) is 2. The topological polar surface area (TPSA) is 84.5 Å². The second kappa shape index (κ2) is 5.34. The van der Waals surface area contributed by atoms with Crippen molar-refractivity contribution in [2.45, 2.75) is 31.4 Å². The van der Waals surface area contributed by atoms with Gasteiger partial charge in [-0.1, -0.05) is 6.92 Å². The maximum Gasteiger partial charge on any atom is 0.188 e. The van der Waals surface area contributed by atoms with Crippen LogP contribution in [0.4, 0.5) is 0 Å². The molecular weight excluding hydrogens is 214 g/mol. The Morgan fingerprint density at radius 1 is 1.60 bits per heavy atom. The molecule has 15 heavy (non-hydrogen) atoms. The summed E-state index contributed by atoms with van der Waals surface area (Å²) >= 11 is 0. The van der Waals surface area contributed by atoms with E-state index in [2.05, 4.69) is 10.3 Å². The first-order valence-corrected chi connectivity index (χ1v) is 7.03. The average Bonchev–Trinajstić information content (AvgIpc) is 2.51. The van der Waals surface area contributed by atoms with Gasteiger partial charge in [0.25, 0.3) is 0 Å². The molecule has 1 saturated heterocycles. The third-order valence-corrected chi connectivity index (χ3v) is 4.74. The average molecular weight is 233 g/mol. The summed E-state index contributed by atoms with van der Waals surface area (Å²) in [5.74, 6) is 0.647. The summed E-state index contributed by atoms with van der Waals surface area (Å²) in [4.78, 5) is 4.04. The van der Waals surface area contributed by atoms with Crippen LogP contribution in [-0.2, 0) is 9.84 Å². The van der Waals surface area contributed by atoms with Crippen LogP contribution in [0.2, 0.25) is 0 Å². The van der Waals surface area contributed by atoms with Gasteiger partial charge in [0.15, 0.2) is 15.8 Å². The maximum absolute atomic E-state index is 11.5. The van der Waals surface area contributed by atoms with Crippen molar-refractivity contribution in [2.24, 2.45) is 10.7 Å². The lowest BCUT2D eigenvalue weighted by atomic mass is 10.2. The number of nitrogens with two attached hydrogens (primary N) is 1. The quantitative estimate of drug-likeness (QED) is 0.523. The van der Waals surface area contributed by atoms with E-state index >= 15 is 0 Å². The number of nitrogens with zero attached hydrogens (tertiary/aromatic N) is 1. The highest BCUT2D eigenvalue weighted by molar-refractivity contribution is 7.92. The molecule has 0 saturated carbocycles. The maximum atomic E-state index is 11.5. The minimum Gasteiger partial charge on any atom is -0.370 e. The van der Waals surface area contributed by atoms with Gasteiger partial charge >= 0.3 is 0 Å². The van der Waals surface area contributed by atoms with Gasteiger partial charge in [0.1, 0.15) is 0 Å². The zero-order valence-electron chi connectivity index (χ0n) is 9.07. The third-order valence-electron chi connectivity index (χ3n) is 2.48. The van der Waals surface area contributed by atoms with E-state index in [1.807, 2.05) is 6.92 Å². The summed E-state index contributed by atoms with van der Waals surface area (Å²) in [6.07, 6.45) is 2.44. The Labute approximate surface area is 91.1 Å². The molecule has 0 aromatic carbocycles. The lowest BCUT2D eigenvalue weighted by Crippen LogP contribution is -2.33. The second-order valence-electron chi connectivity index (χ2n) is 3.78. The molecule has 5 nitrogen and oxygen atoms in total. The molecule has 0 amide bonds. The minimum atomic E-state index is -2.89. The third kappa shape index (κ3) is 3.70. The molecule has 1 atom stereocenters. The number of nitrogens with one attached hydrogen (secondary N) is 1. The number of aliphatic imine (C=N–C) groups is 1. The molecule has 1 aliphatic heterocycles. The Hall–Kier alpha value is -0.780. The van der Waals surface area contributed by atoms with E-state index in [1.54, 1.807) is 0 Å². The standard InChI is InChI=1S/C9H19N3O2S/c1-2-5-11-9(10)12-7-8-4-3-6-15(8,13)14/h8H,2-7H2,1H3,(H3,10,11,12). The highest BCUT2D eigenvalue weighted by Crippen LogP contribution is 2.19. The molecule has 88 valence electrons. The summed E-state index contributed by atoms with van der Waals surface area (Å²) in [6, 6.07) is 0. The first-order valence-electron chi connectivity index (χ1n) is 5.31. The Kier molecular flexibility index (Phi) is 4.38. The number of sulfone groups is 1. The molecule has 1 aliphatic rings. The van der Waals surface area contributed by atoms with Crippen LogP contribution in [0.5, 0.6) is 0 Å². The number of rotatable bonds is 4. The van der Waals surface area contributed by atoms with Crippen LogP contribution < -0.4 is 11.1 Å². The van der Waals surface area contributed by atoms with Gasteiger partial charge in [-0.25, -0.2) is 8.42 Å². The molecule has 0 aliphatic carbocycles. The Morgan fingerprint density at radius 2 is 2.33 bits per heavy atom. The van der Waals surface area contributed by atoms with Gasteiger partial charge in [0, 0.05) is 6.54 Å². The summed E-state index contributed by atoms with van der Waals surface area (Å²) in [5, 5.41) is 2.60. The molecule has 0 aromatic rings. The molecule has 1 rings (SSSR count). The van der Waals surface area contributed by atoms with Gasteiger partial charge in [-0.15, -0.1) is 0 Å². The second-order valence-corrected chi connectivity index (χ2v) is 6.18. The fraction of sp³-hybridized carbons (Fsp3) is 0.889. The van der Waals surface area contributed by atoms with Gasteiger partial charge in [0.05, 0.1) is 17.5 Å².